The van der Waals surface area contributed by atoms with Crippen LogP contribution in [-0.4, -0.2) is 172 Å². The van der Waals surface area contributed by atoms with Crippen LogP contribution in [0.5, 0.6) is 0 Å². The number of hydrogen-bond acceptors (Lipinski definition) is 8. The molecule has 9 fully saturated rings. The van der Waals surface area contributed by atoms with Crippen molar-refractivity contribution in [2.75, 3.05) is 83.6 Å². The maximum atomic E-state index is 2.71. The Hall–Kier alpha value is 0.0700. The van der Waals surface area contributed by atoms with E-state index in [4.69, 9.17) is 0 Å². The van der Waals surface area contributed by atoms with Gasteiger partial charge in [-0.3, -0.25) is 24.5 Å². The minimum atomic E-state index is 0.743. The second-order valence-electron chi connectivity index (χ2n) is 21.5. The van der Waals surface area contributed by atoms with Gasteiger partial charge in [0.15, 0.2) is 0 Å². The molecule has 8 heteroatoms. The highest BCUT2D eigenvalue weighted by Gasteiger charge is 2.39. The number of rotatable bonds is 6. The third-order valence-electron chi connectivity index (χ3n) is 15.3. The first kappa shape index (κ1) is 50.7. The molecule has 0 aromatic rings. The first-order valence-corrected chi connectivity index (χ1v) is 26.7. The summed E-state index contributed by atoms with van der Waals surface area (Å²) in [6.45, 7) is 42.2. The zero-order chi connectivity index (χ0) is 42.2. The highest BCUT2D eigenvalue weighted by molar-refractivity contribution is 7.99. The van der Waals surface area contributed by atoms with E-state index >= 15 is 0 Å². The molecule has 58 heavy (non-hydrogen) atoms. The van der Waals surface area contributed by atoms with Crippen LogP contribution in [0.1, 0.15) is 173 Å². The predicted octanol–water partition coefficient (Wildman–Crippen LogP) is 10.1. The largest absolute Gasteiger partial charge is 0.301 e. The summed E-state index contributed by atoms with van der Waals surface area (Å²) in [5.41, 5.74) is 0. The number of thioether (sulfide) groups is 1. The Morgan fingerprint density at radius 1 is 0.362 bits per heavy atom. The molecule has 7 saturated heterocycles. The van der Waals surface area contributed by atoms with Crippen LogP contribution >= 0.6 is 11.8 Å². The van der Waals surface area contributed by atoms with E-state index in [1.165, 1.54) is 174 Å². The van der Waals surface area contributed by atoms with Crippen LogP contribution in [0.3, 0.4) is 0 Å². The first-order chi connectivity index (χ1) is 27.7. The van der Waals surface area contributed by atoms with Gasteiger partial charge in [0.05, 0.1) is 0 Å². The lowest BCUT2D eigenvalue weighted by Crippen LogP contribution is -2.52. The van der Waals surface area contributed by atoms with E-state index in [2.05, 4.69) is 117 Å². The van der Waals surface area contributed by atoms with Crippen LogP contribution in [0.2, 0.25) is 0 Å². The van der Waals surface area contributed by atoms with Gasteiger partial charge >= 0.3 is 0 Å². The molecular weight excluding hydrogens is 731 g/mol. The van der Waals surface area contributed by atoms with Crippen LogP contribution in [0.4, 0.5) is 0 Å². The molecular formula is C50H101N7S. The third-order valence-corrected chi connectivity index (χ3v) is 16.3. The summed E-state index contributed by atoms with van der Waals surface area (Å²) < 4.78 is 0. The van der Waals surface area contributed by atoms with E-state index in [1.54, 1.807) is 0 Å². The van der Waals surface area contributed by atoms with Crippen molar-refractivity contribution in [1.82, 2.24) is 34.3 Å². The van der Waals surface area contributed by atoms with Crippen molar-refractivity contribution in [3.63, 3.8) is 0 Å². The van der Waals surface area contributed by atoms with Crippen molar-refractivity contribution in [3.05, 3.63) is 0 Å². The fourth-order valence-corrected chi connectivity index (χ4v) is 12.6. The van der Waals surface area contributed by atoms with E-state index in [0.717, 1.165) is 66.2 Å². The molecule has 0 radical (unpaired) electrons. The molecule has 2 saturated carbocycles. The molecule has 342 valence electrons. The first-order valence-electron chi connectivity index (χ1n) is 25.5. The zero-order valence-electron chi connectivity index (χ0n) is 41.0. The third kappa shape index (κ3) is 17.0. The molecule has 7 nitrogen and oxygen atoms in total. The smallest absolute Gasteiger partial charge is 0.0447 e. The zero-order valence-corrected chi connectivity index (χ0v) is 41.8. The Labute approximate surface area is 367 Å². The number of nitrogens with zero attached hydrogens (tertiary/aromatic N) is 7. The molecule has 0 amide bonds. The van der Waals surface area contributed by atoms with Gasteiger partial charge in [0, 0.05) is 105 Å². The summed E-state index contributed by atoms with van der Waals surface area (Å²) in [6.07, 6.45) is 20.4. The van der Waals surface area contributed by atoms with Crippen LogP contribution in [-0.2, 0) is 0 Å². The van der Waals surface area contributed by atoms with Gasteiger partial charge in [-0.2, -0.15) is 0 Å². The number of hydrogen-bond donors (Lipinski definition) is 0. The predicted molar refractivity (Wildman–Crippen MR) is 258 cm³/mol. The summed E-state index contributed by atoms with van der Waals surface area (Å²) >= 11 is 2.04. The topological polar surface area (TPSA) is 22.7 Å². The van der Waals surface area contributed by atoms with E-state index < -0.39 is 0 Å². The lowest BCUT2D eigenvalue weighted by Gasteiger charge is -2.39. The van der Waals surface area contributed by atoms with E-state index in [9.17, 15) is 0 Å². The van der Waals surface area contributed by atoms with Crippen LogP contribution in [0.25, 0.3) is 0 Å². The molecule has 5 atom stereocenters. The van der Waals surface area contributed by atoms with Crippen LogP contribution in [0.15, 0.2) is 0 Å². The Morgan fingerprint density at radius 2 is 0.862 bits per heavy atom. The van der Waals surface area contributed by atoms with Gasteiger partial charge in [0.1, 0.15) is 0 Å². The van der Waals surface area contributed by atoms with Gasteiger partial charge in [-0.05, 0) is 205 Å². The highest BCUT2D eigenvalue weighted by Crippen LogP contribution is 2.38. The average Bonchev–Trinajstić information content (AvgIpc) is 4.07. The van der Waals surface area contributed by atoms with Crippen molar-refractivity contribution in [2.45, 2.75) is 227 Å². The molecule has 0 spiro atoms. The van der Waals surface area contributed by atoms with Crippen molar-refractivity contribution in [1.29, 1.82) is 0 Å². The Balaban J connectivity index is 0.000000155. The van der Waals surface area contributed by atoms with Crippen molar-refractivity contribution >= 4 is 11.8 Å². The summed E-state index contributed by atoms with van der Waals surface area (Å²) in [4.78, 5) is 18.2. The van der Waals surface area contributed by atoms with E-state index in [-0.39, 0.29) is 0 Å². The standard InChI is InChI=1S/C10H20N2.C10H19N.C9H17N.C8H17N.C7H15N.C6H13NS/c1-9(2)12-7-6-11-5-3-4-10(11)8-12;1-8(2)11-7-9-4-3-5-10(11)6-9;1-7(2)10-6-8-3-4-9(10)5-8;1-8(2)9-6-4-3-5-7-9;1-7(2)8-5-3-4-6-8;1-6(2)7-3-4-8-5-7/h9-10H,3-8H2,1-2H3;8-10H,3-7H2,1-2H3;7-9H,3-6H2,1-2H3;8H,3-7H2,1-2H3;7H,3-6H2,1-2H3;6H,3-5H2,1-2H3. The van der Waals surface area contributed by atoms with E-state index in [0.29, 0.717) is 0 Å². The normalized spacial score (nSPS) is 30.8. The molecule has 9 aliphatic rings. The van der Waals surface area contributed by atoms with Crippen molar-refractivity contribution in [3.8, 4) is 0 Å². The molecule has 5 unspecified atom stereocenters. The molecule has 2 aliphatic carbocycles. The molecule has 9 rings (SSSR count). The molecule has 0 aromatic heterocycles. The van der Waals surface area contributed by atoms with Crippen molar-refractivity contribution in [2.24, 2.45) is 11.8 Å². The van der Waals surface area contributed by atoms with Gasteiger partial charge in [-0.25, -0.2) is 0 Å². The lowest BCUT2D eigenvalue weighted by molar-refractivity contribution is 0.0827. The lowest BCUT2D eigenvalue weighted by atomic mass is 9.90. The minimum absolute atomic E-state index is 0.743. The summed E-state index contributed by atoms with van der Waals surface area (Å²) in [6, 6.07) is 7.42. The number of likely N-dealkylation sites (tertiary alicyclic amines) is 4. The van der Waals surface area contributed by atoms with Gasteiger partial charge in [-0.1, -0.05) is 12.8 Å². The average molecular weight is 832 g/mol. The second-order valence-corrected chi connectivity index (χ2v) is 22.6. The number of fused-ring (bicyclic) bond motifs is 5. The Kier molecular flexibility index (Phi) is 23.3. The fourth-order valence-electron chi connectivity index (χ4n) is 11.4. The monoisotopic (exact) mass is 832 g/mol. The Morgan fingerprint density at radius 3 is 1.28 bits per heavy atom. The van der Waals surface area contributed by atoms with Gasteiger partial charge in [0.25, 0.3) is 0 Å². The summed E-state index contributed by atoms with van der Waals surface area (Å²) in [5.74, 6) is 4.69. The fraction of sp³-hybridized carbons (Fsp3) is 1.00. The molecule has 0 aromatic carbocycles. The molecule has 7 aliphatic heterocycles. The van der Waals surface area contributed by atoms with Crippen LogP contribution in [0, 0.1) is 11.8 Å². The summed E-state index contributed by atoms with van der Waals surface area (Å²) in [5, 5.41) is 0. The van der Waals surface area contributed by atoms with E-state index in [1.807, 2.05) is 11.8 Å². The second kappa shape index (κ2) is 26.6. The minimum Gasteiger partial charge on any atom is -0.301 e. The molecule has 7 heterocycles. The molecule has 4 bridgehead atoms. The van der Waals surface area contributed by atoms with Crippen LogP contribution < -0.4 is 0 Å². The maximum absolute atomic E-state index is 2.71. The Bertz CT molecular complexity index is 1030. The van der Waals surface area contributed by atoms with Gasteiger partial charge in [-0.15, -0.1) is 11.8 Å². The number of piperazine rings is 1. The molecule has 0 N–H and O–H groups in total. The quantitative estimate of drug-likeness (QED) is 0.261. The summed E-state index contributed by atoms with van der Waals surface area (Å²) in [7, 11) is 0. The maximum Gasteiger partial charge on any atom is 0.0447 e. The SMILES string of the molecule is CC(C)N1CC2CCC1C2.CC(C)N1CC2CCCC1C2.CC(C)N1CCCC1.CC(C)N1CCCCC1.CC(C)N1CCN2CCCC2C1.CC(C)N1CCSC1. The van der Waals surface area contributed by atoms with Gasteiger partial charge < -0.3 is 9.80 Å². The van der Waals surface area contributed by atoms with Crippen molar-refractivity contribution < 1.29 is 0 Å². The number of piperidine rings is 2. The highest BCUT2D eigenvalue weighted by atomic mass is 32.2. The van der Waals surface area contributed by atoms with Gasteiger partial charge in [0.2, 0.25) is 0 Å².